The van der Waals surface area contributed by atoms with E-state index in [1.165, 1.54) is 59.9 Å². The fourth-order valence-electron chi connectivity index (χ4n) is 3.01. The maximum absolute atomic E-state index is 10.8. The molecule has 174 valence electrons. The summed E-state index contributed by atoms with van der Waals surface area (Å²) in [7, 11) is 0. The van der Waals surface area contributed by atoms with Crippen LogP contribution in [0.15, 0.2) is 57.4 Å². The number of anilines is 2. The molecule has 0 aliphatic carbocycles. The summed E-state index contributed by atoms with van der Waals surface area (Å²) in [6.45, 7) is 1.77. The van der Waals surface area contributed by atoms with Crippen molar-refractivity contribution in [3.05, 3.63) is 74.5 Å². The summed E-state index contributed by atoms with van der Waals surface area (Å²) in [4.78, 5) is 25.7. The number of aryl methyl sites for hydroxylation is 1. The molecule has 0 bridgehead atoms. The van der Waals surface area contributed by atoms with Crippen LogP contribution in [-0.4, -0.2) is 35.2 Å². The minimum Gasteiger partial charge on any atom is -0.415 e. The number of nitrogens with zero attached hydrogens (tertiary/aromatic N) is 7. The third-order valence-corrected chi connectivity index (χ3v) is 5.77. The largest absolute Gasteiger partial charge is 0.415 e. The van der Waals surface area contributed by atoms with Crippen LogP contribution < -0.4 is 5.32 Å². The summed E-state index contributed by atoms with van der Waals surface area (Å²) in [5.41, 5.74) is 1.60. The molecule has 5 aromatic rings. The van der Waals surface area contributed by atoms with Gasteiger partial charge in [-0.25, -0.2) is 4.98 Å². The number of hydrogen-bond donors (Lipinski definition) is 1. The summed E-state index contributed by atoms with van der Waals surface area (Å²) in [6.07, 6.45) is 0. The van der Waals surface area contributed by atoms with Crippen molar-refractivity contribution in [3.8, 4) is 33.7 Å². The van der Waals surface area contributed by atoms with E-state index in [9.17, 15) is 20.2 Å². The van der Waals surface area contributed by atoms with Crippen LogP contribution in [0.4, 0.5) is 22.5 Å². The van der Waals surface area contributed by atoms with Crippen molar-refractivity contribution in [2.24, 2.45) is 0 Å². The topological polar surface area (TPSA) is 189 Å². The zero-order valence-corrected chi connectivity index (χ0v) is 18.4. The minimum atomic E-state index is -0.495. The second kappa shape index (κ2) is 8.71. The number of nitrogens with one attached hydrogen (secondary N) is 1. The van der Waals surface area contributed by atoms with Gasteiger partial charge in [0, 0.05) is 35.4 Å². The van der Waals surface area contributed by atoms with Crippen LogP contribution in [-0.2, 0) is 0 Å². The molecule has 0 unspecified atom stereocenters. The van der Waals surface area contributed by atoms with Crippen molar-refractivity contribution in [1.29, 1.82) is 0 Å². The highest BCUT2D eigenvalue weighted by molar-refractivity contribution is 7.19. The molecule has 0 amide bonds. The standard InChI is InChI=1S/C20H12N8O6S/c1-10-15(18-25-23-16(33-18)11-2-6-13(7-3-11)27(29)30)35-20(21-10)22-19-26-24-17(34-19)12-4-8-14(9-5-12)28(31)32/h2-9H,1H3,(H,21,22,26). The lowest BCUT2D eigenvalue weighted by Gasteiger charge is -1.95. The van der Waals surface area contributed by atoms with Gasteiger partial charge in [-0.2, -0.15) is 0 Å². The Morgan fingerprint density at radius 1 is 0.771 bits per heavy atom. The predicted molar refractivity (Wildman–Crippen MR) is 122 cm³/mol. The van der Waals surface area contributed by atoms with E-state index in [0.717, 1.165) is 0 Å². The molecule has 0 atom stereocenters. The molecule has 14 nitrogen and oxygen atoms in total. The van der Waals surface area contributed by atoms with E-state index < -0.39 is 9.85 Å². The lowest BCUT2D eigenvalue weighted by Crippen LogP contribution is -1.89. The maximum atomic E-state index is 10.8. The van der Waals surface area contributed by atoms with Crippen LogP contribution in [0.5, 0.6) is 0 Å². The molecule has 0 fully saturated rings. The fraction of sp³-hybridized carbons (Fsp3) is 0.0500. The van der Waals surface area contributed by atoms with Gasteiger partial charge < -0.3 is 8.83 Å². The SMILES string of the molecule is Cc1nc(Nc2nnc(-c3ccc([N+](=O)[O-])cc3)o2)sc1-c1nnc(-c2ccc([N+](=O)[O-])cc2)o1. The predicted octanol–water partition coefficient (Wildman–Crippen LogP) is 4.78. The molecule has 0 radical (unpaired) electrons. The smallest absolute Gasteiger partial charge is 0.322 e. The number of aromatic nitrogens is 5. The molecule has 35 heavy (non-hydrogen) atoms. The highest BCUT2D eigenvalue weighted by Crippen LogP contribution is 2.35. The number of thiazole rings is 1. The van der Waals surface area contributed by atoms with Gasteiger partial charge in [-0.05, 0) is 31.2 Å². The Hall–Kier alpha value is -5.05. The number of nitro groups is 2. The van der Waals surface area contributed by atoms with E-state index in [0.29, 0.717) is 26.8 Å². The van der Waals surface area contributed by atoms with Crippen LogP contribution in [0.3, 0.4) is 0 Å². The van der Waals surface area contributed by atoms with E-state index in [-0.39, 0.29) is 35.1 Å². The zero-order chi connectivity index (χ0) is 24.5. The minimum absolute atomic E-state index is 0.0414. The van der Waals surface area contributed by atoms with Crippen molar-refractivity contribution < 1.29 is 18.7 Å². The van der Waals surface area contributed by atoms with Crippen molar-refractivity contribution >= 4 is 33.9 Å². The lowest BCUT2D eigenvalue weighted by molar-refractivity contribution is -0.385. The van der Waals surface area contributed by atoms with Gasteiger partial charge in [0.05, 0.1) is 15.5 Å². The van der Waals surface area contributed by atoms with E-state index in [2.05, 4.69) is 30.7 Å². The second-order valence-electron chi connectivity index (χ2n) is 6.99. The molecular formula is C20H12N8O6S. The molecule has 2 aromatic carbocycles. The summed E-state index contributed by atoms with van der Waals surface area (Å²) in [6, 6.07) is 11.6. The van der Waals surface area contributed by atoms with Gasteiger partial charge >= 0.3 is 6.01 Å². The first-order valence-electron chi connectivity index (χ1n) is 9.79. The number of hydrogen-bond acceptors (Lipinski definition) is 13. The third kappa shape index (κ3) is 4.42. The van der Waals surface area contributed by atoms with Gasteiger partial charge in [0.25, 0.3) is 17.3 Å². The third-order valence-electron chi connectivity index (χ3n) is 4.70. The first-order valence-corrected chi connectivity index (χ1v) is 10.6. The van der Waals surface area contributed by atoms with Crippen LogP contribution in [0, 0.1) is 27.2 Å². The van der Waals surface area contributed by atoms with E-state index in [1.807, 2.05) is 0 Å². The highest BCUT2D eigenvalue weighted by Gasteiger charge is 2.19. The summed E-state index contributed by atoms with van der Waals surface area (Å²) in [5.74, 6) is 0.626. The van der Waals surface area contributed by atoms with Crippen LogP contribution >= 0.6 is 11.3 Å². The van der Waals surface area contributed by atoms with Gasteiger partial charge in [0.2, 0.25) is 11.8 Å². The van der Waals surface area contributed by atoms with Crippen molar-refractivity contribution in [3.63, 3.8) is 0 Å². The molecule has 15 heteroatoms. The average Bonchev–Trinajstić information content (AvgIpc) is 3.59. The maximum Gasteiger partial charge on any atom is 0.322 e. The van der Waals surface area contributed by atoms with Gasteiger partial charge in [-0.3, -0.25) is 25.5 Å². The molecule has 1 N–H and O–H groups in total. The zero-order valence-electron chi connectivity index (χ0n) is 17.6. The Balaban J connectivity index is 1.32. The van der Waals surface area contributed by atoms with Crippen molar-refractivity contribution in [1.82, 2.24) is 25.4 Å². The first kappa shape index (κ1) is 21.8. The number of nitro benzene ring substituents is 2. The lowest BCUT2D eigenvalue weighted by atomic mass is 10.2. The fourth-order valence-corrected chi connectivity index (χ4v) is 3.89. The molecule has 0 saturated heterocycles. The number of rotatable bonds is 7. The average molecular weight is 492 g/mol. The quantitative estimate of drug-likeness (QED) is 0.242. The van der Waals surface area contributed by atoms with E-state index >= 15 is 0 Å². The molecular weight excluding hydrogens is 480 g/mol. The van der Waals surface area contributed by atoms with Crippen LogP contribution in [0.2, 0.25) is 0 Å². The summed E-state index contributed by atoms with van der Waals surface area (Å²) < 4.78 is 11.3. The number of benzene rings is 2. The molecule has 5 rings (SSSR count). The Morgan fingerprint density at radius 3 is 1.86 bits per heavy atom. The Bertz CT molecular complexity index is 1540. The normalized spacial score (nSPS) is 10.9. The first-order chi connectivity index (χ1) is 16.9. The van der Waals surface area contributed by atoms with Gasteiger partial charge in [0.1, 0.15) is 4.88 Å². The molecule has 0 spiro atoms. The molecule has 0 aliphatic heterocycles. The van der Waals surface area contributed by atoms with Crippen molar-refractivity contribution in [2.75, 3.05) is 5.32 Å². The Kier molecular flexibility index (Phi) is 5.42. The molecule has 3 heterocycles. The highest BCUT2D eigenvalue weighted by atomic mass is 32.1. The van der Waals surface area contributed by atoms with Gasteiger partial charge in [-0.1, -0.05) is 16.4 Å². The number of non-ortho nitro benzene ring substituents is 2. The molecule has 0 saturated carbocycles. The van der Waals surface area contributed by atoms with Crippen molar-refractivity contribution in [2.45, 2.75) is 6.92 Å². The van der Waals surface area contributed by atoms with Crippen LogP contribution in [0.25, 0.3) is 33.7 Å². The van der Waals surface area contributed by atoms with E-state index in [4.69, 9.17) is 8.83 Å². The molecule has 0 aliphatic rings. The summed E-state index contributed by atoms with van der Waals surface area (Å²) in [5, 5.41) is 40.9. The second-order valence-corrected chi connectivity index (χ2v) is 7.99. The Labute approximate surface area is 198 Å². The Morgan fingerprint density at radius 2 is 1.29 bits per heavy atom. The van der Waals surface area contributed by atoms with Gasteiger partial charge in [-0.15, -0.1) is 15.3 Å². The van der Waals surface area contributed by atoms with Crippen LogP contribution in [0.1, 0.15) is 5.69 Å². The molecule has 3 aromatic heterocycles. The van der Waals surface area contributed by atoms with E-state index in [1.54, 1.807) is 6.92 Å². The monoisotopic (exact) mass is 492 g/mol. The van der Waals surface area contributed by atoms with Gasteiger partial charge in [0.15, 0.2) is 5.13 Å². The summed E-state index contributed by atoms with van der Waals surface area (Å²) >= 11 is 1.22.